The van der Waals surface area contributed by atoms with Crippen molar-refractivity contribution in [2.75, 3.05) is 29.0 Å². The topological polar surface area (TPSA) is 126 Å². The van der Waals surface area contributed by atoms with Crippen LogP contribution in [0.5, 0.6) is 0 Å². The molecule has 1 fully saturated rings. The average molecular weight is 420 g/mol. The number of piperidine rings is 1. The fourth-order valence-electron chi connectivity index (χ4n) is 3.65. The van der Waals surface area contributed by atoms with Crippen molar-refractivity contribution in [3.05, 3.63) is 47.9 Å². The van der Waals surface area contributed by atoms with Crippen LogP contribution < -0.4 is 16.0 Å². The number of amides is 1. The van der Waals surface area contributed by atoms with Gasteiger partial charge in [0.2, 0.25) is 11.9 Å². The third kappa shape index (κ3) is 4.30. The van der Waals surface area contributed by atoms with Crippen molar-refractivity contribution in [2.45, 2.75) is 12.8 Å². The lowest BCUT2D eigenvalue weighted by molar-refractivity contribution is -0.120. The SMILES string of the molecule is Cn1nccc1NC(=O)C1CCCN(c2cc(-c3ccc(C#N)c(F)c3)nc(N)n2)C1. The Morgan fingerprint density at radius 1 is 1.32 bits per heavy atom. The van der Waals surface area contributed by atoms with Gasteiger partial charge >= 0.3 is 0 Å². The van der Waals surface area contributed by atoms with Crippen LogP contribution in [-0.2, 0) is 11.8 Å². The largest absolute Gasteiger partial charge is 0.368 e. The zero-order valence-corrected chi connectivity index (χ0v) is 16.9. The van der Waals surface area contributed by atoms with Crippen molar-refractivity contribution >= 4 is 23.5 Å². The molecule has 3 heterocycles. The standard InChI is InChI=1S/C21H21FN8O/c1-29-18(6-7-25-29)27-20(31)15-3-2-8-30(12-15)19-10-17(26-21(24)28-19)13-4-5-14(11-23)16(22)9-13/h4-7,9-10,15H,2-3,8,12H2,1H3,(H,27,31)(H2,24,26,28). The summed E-state index contributed by atoms with van der Waals surface area (Å²) < 4.78 is 15.7. The van der Waals surface area contributed by atoms with E-state index in [1.54, 1.807) is 42.2 Å². The molecule has 0 bridgehead atoms. The van der Waals surface area contributed by atoms with Gasteiger partial charge in [-0.25, -0.2) is 9.37 Å². The normalized spacial score (nSPS) is 16.0. The molecule has 1 atom stereocenters. The summed E-state index contributed by atoms with van der Waals surface area (Å²) in [5, 5.41) is 15.9. The molecule has 4 rings (SSSR count). The molecule has 10 heteroatoms. The van der Waals surface area contributed by atoms with Gasteiger partial charge in [-0.3, -0.25) is 9.48 Å². The predicted molar refractivity (Wildman–Crippen MR) is 113 cm³/mol. The molecular formula is C21H21FN8O. The Balaban J connectivity index is 1.55. The molecule has 1 aromatic carbocycles. The number of aromatic nitrogens is 4. The van der Waals surface area contributed by atoms with Gasteiger partial charge < -0.3 is 16.0 Å². The summed E-state index contributed by atoms with van der Waals surface area (Å²) in [5.74, 6) is 0.339. The first-order valence-electron chi connectivity index (χ1n) is 9.83. The van der Waals surface area contributed by atoms with Crippen molar-refractivity contribution < 1.29 is 9.18 Å². The van der Waals surface area contributed by atoms with E-state index >= 15 is 0 Å². The zero-order chi connectivity index (χ0) is 22.0. The summed E-state index contributed by atoms with van der Waals surface area (Å²) >= 11 is 0. The van der Waals surface area contributed by atoms with Gasteiger partial charge in [-0.2, -0.15) is 15.3 Å². The van der Waals surface area contributed by atoms with E-state index in [1.807, 2.05) is 4.90 Å². The molecule has 1 aliphatic heterocycles. The highest BCUT2D eigenvalue weighted by Crippen LogP contribution is 2.28. The number of aryl methyl sites for hydroxylation is 1. The quantitative estimate of drug-likeness (QED) is 0.663. The maximum absolute atomic E-state index is 14.1. The highest BCUT2D eigenvalue weighted by atomic mass is 19.1. The number of benzene rings is 1. The van der Waals surface area contributed by atoms with Gasteiger partial charge in [-0.05, 0) is 25.0 Å². The summed E-state index contributed by atoms with van der Waals surface area (Å²) in [7, 11) is 1.76. The second kappa shape index (κ2) is 8.39. The zero-order valence-electron chi connectivity index (χ0n) is 16.9. The maximum atomic E-state index is 14.1. The summed E-state index contributed by atoms with van der Waals surface area (Å²) in [6.45, 7) is 1.19. The number of halogens is 1. The number of rotatable bonds is 4. The lowest BCUT2D eigenvalue weighted by Crippen LogP contribution is -2.41. The Hall–Kier alpha value is -4.00. The Kier molecular flexibility index (Phi) is 5.49. The Morgan fingerprint density at radius 2 is 2.16 bits per heavy atom. The van der Waals surface area contributed by atoms with E-state index in [2.05, 4.69) is 20.4 Å². The van der Waals surface area contributed by atoms with Crippen LogP contribution in [-0.4, -0.2) is 38.7 Å². The first-order chi connectivity index (χ1) is 14.9. The van der Waals surface area contributed by atoms with Gasteiger partial charge in [0.05, 0.1) is 23.4 Å². The second-order valence-corrected chi connectivity index (χ2v) is 7.39. The van der Waals surface area contributed by atoms with E-state index in [0.717, 1.165) is 12.8 Å². The molecule has 3 aromatic rings. The van der Waals surface area contributed by atoms with Crippen LogP contribution in [0.1, 0.15) is 18.4 Å². The Morgan fingerprint density at radius 3 is 2.87 bits per heavy atom. The number of nitrogen functional groups attached to an aromatic ring is 1. The highest BCUT2D eigenvalue weighted by molar-refractivity contribution is 5.92. The number of carbonyl (C=O) groups is 1. The monoisotopic (exact) mass is 420 g/mol. The molecule has 1 unspecified atom stereocenters. The number of nitrogens with two attached hydrogens (primary N) is 1. The summed E-state index contributed by atoms with van der Waals surface area (Å²) in [6.07, 6.45) is 3.20. The average Bonchev–Trinajstić information content (AvgIpc) is 3.17. The van der Waals surface area contributed by atoms with E-state index in [9.17, 15) is 9.18 Å². The first kappa shape index (κ1) is 20.3. The smallest absolute Gasteiger partial charge is 0.230 e. The van der Waals surface area contributed by atoms with E-state index in [-0.39, 0.29) is 23.3 Å². The Labute approximate surface area is 178 Å². The molecule has 1 aliphatic rings. The van der Waals surface area contributed by atoms with Crippen LogP contribution in [0.3, 0.4) is 0 Å². The molecular weight excluding hydrogens is 399 g/mol. The fourth-order valence-corrected chi connectivity index (χ4v) is 3.65. The fraction of sp³-hybridized carbons (Fsp3) is 0.286. The van der Waals surface area contributed by atoms with Crippen molar-refractivity contribution in [3.63, 3.8) is 0 Å². The predicted octanol–water partition coefficient (Wildman–Crippen LogP) is 2.33. The lowest BCUT2D eigenvalue weighted by atomic mass is 9.97. The third-order valence-electron chi connectivity index (χ3n) is 5.30. The number of nitriles is 1. The first-order valence-corrected chi connectivity index (χ1v) is 9.83. The molecule has 158 valence electrons. The summed E-state index contributed by atoms with van der Waals surface area (Å²) in [5.41, 5.74) is 6.82. The lowest BCUT2D eigenvalue weighted by Gasteiger charge is -2.33. The van der Waals surface area contributed by atoms with Crippen LogP contribution in [0, 0.1) is 23.1 Å². The van der Waals surface area contributed by atoms with Crippen molar-refractivity contribution in [1.29, 1.82) is 5.26 Å². The molecule has 3 N–H and O–H groups in total. The highest BCUT2D eigenvalue weighted by Gasteiger charge is 2.27. The van der Waals surface area contributed by atoms with Crippen molar-refractivity contribution in [1.82, 2.24) is 19.7 Å². The van der Waals surface area contributed by atoms with Crippen LogP contribution >= 0.6 is 0 Å². The summed E-state index contributed by atoms with van der Waals surface area (Å²) in [4.78, 5) is 23.3. The molecule has 0 saturated carbocycles. The maximum Gasteiger partial charge on any atom is 0.230 e. The van der Waals surface area contributed by atoms with Gasteiger partial charge in [-0.15, -0.1) is 0 Å². The number of hydrogen-bond acceptors (Lipinski definition) is 7. The van der Waals surface area contributed by atoms with E-state index in [0.29, 0.717) is 36.0 Å². The van der Waals surface area contributed by atoms with Crippen LogP contribution in [0.2, 0.25) is 0 Å². The minimum atomic E-state index is -0.622. The van der Waals surface area contributed by atoms with E-state index in [1.165, 1.54) is 12.1 Å². The molecule has 9 nitrogen and oxygen atoms in total. The van der Waals surface area contributed by atoms with Crippen LogP contribution in [0.25, 0.3) is 11.3 Å². The van der Waals surface area contributed by atoms with Crippen molar-refractivity contribution in [2.24, 2.45) is 13.0 Å². The number of nitrogens with one attached hydrogen (secondary N) is 1. The second-order valence-electron chi connectivity index (χ2n) is 7.39. The van der Waals surface area contributed by atoms with Gasteiger partial charge in [0.25, 0.3) is 0 Å². The molecule has 31 heavy (non-hydrogen) atoms. The number of hydrogen-bond donors (Lipinski definition) is 2. The van der Waals surface area contributed by atoms with Crippen LogP contribution in [0.15, 0.2) is 36.5 Å². The van der Waals surface area contributed by atoms with Gasteiger partial charge in [-0.1, -0.05) is 6.07 Å². The molecule has 0 aliphatic carbocycles. The van der Waals surface area contributed by atoms with Crippen molar-refractivity contribution in [3.8, 4) is 17.3 Å². The molecule has 0 spiro atoms. The summed E-state index contributed by atoms with van der Waals surface area (Å²) in [6, 6.07) is 9.54. The Bertz CT molecular complexity index is 1170. The van der Waals surface area contributed by atoms with Gasteiger partial charge in [0.15, 0.2) is 0 Å². The number of carbonyl (C=O) groups excluding carboxylic acids is 1. The van der Waals surface area contributed by atoms with Gasteiger partial charge in [0, 0.05) is 37.8 Å². The third-order valence-corrected chi connectivity index (χ3v) is 5.30. The minimum absolute atomic E-state index is 0.0377. The van der Waals surface area contributed by atoms with E-state index < -0.39 is 5.82 Å². The minimum Gasteiger partial charge on any atom is -0.368 e. The molecule has 2 aromatic heterocycles. The molecule has 1 saturated heterocycles. The molecule has 1 amide bonds. The van der Waals surface area contributed by atoms with E-state index in [4.69, 9.17) is 11.0 Å². The van der Waals surface area contributed by atoms with Crippen LogP contribution in [0.4, 0.5) is 22.0 Å². The van der Waals surface area contributed by atoms with Gasteiger partial charge in [0.1, 0.15) is 23.5 Å². The number of nitrogens with zero attached hydrogens (tertiary/aromatic N) is 6. The molecule has 0 radical (unpaired) electrons. The number of anilines is 3.